The van der Waals surface area contributed by atoms with Gasteiger partial charge in [-0.25, -0.2) is 0 Å². The molecule has 2 atom stereocenters. The molecule has 0 fully saturated rings. The van der Waals surface area contributed by atoms with Crippen molar-refractivity contribution in [2.75, 3.05) is 7.11 Å². The van der Waals surface area contributed by atoms with E-state index >= 15 is 0 Å². The van der Waals surface area contributed by atoms with Gasteiger partial charge in [-0.05, 0) is 12.5 Å². The molecule has 0 bridgehead atoms. The second kappa shape index (κ2) is 5.05. The lowest BCUT2D eigenvalue weighted by molar-refractivity contribution is -0.217. The van der Waals surface area contributed by atoms with E-state index in [2.05, 4.69) is 0 Å². The monoisotopic (exact) mass is 310 g/mol. The summed E-state index contributed by atoms with van der Waals surface area (Å²) in [6.07, 6.45) is -7.53. The normalized spacial score (nSPS) is 21.9. The van der Waals surface area contributed by atoms with Crippen molar-refractivity contribution in [2.24, 2.45) is 5.92 Å². The van der Waals surface area contributed by atoms with Gasteiger partial charge in [-0.1, -0.05) is 11.6 Å². The van der Waals surface area contributed by atoms with Crippen molar-refractivity contribution < 1.29 is 32.5 Å². The Morgan fingerprint density at radius 3 is 2.65 bits per heavy atom. The van der Waals surface area contributed by atoms with Gasteiger partial charge >= 0.3 is 12.1 Å². The van der Waals surface area contributed by atoms with Crippen molar-refractivity contribution in [1.82, 2.24) is 0 Å². The second-order valence-electron chi connectivity index (χ2n) is 4.33. The molecule has 4 nitrogen and oxygen atoms in total. The molecule has 1 aliphatic rings. The van der Waals surface area contributed by atoms with Gasteiger partial charge in [0.25, 0.3) is 0 Å². The molecule has 0 aromatic heterocycles. The molecule has 1 heterocycles. The molecule has 0 radical (unpaired) electrons. The van der Waals surface area contributed by atoms with Crippen molar-refractivity contribution in [2.45, 2.75) is 18.7 Å². The Bertz CT molecular complexity index is 544. The Labute approximate surface area is 117 Å². The molecule has 0 saturated heterocycles. The summed E-state index contributed by atoms with van der Waals surface area (Å²) < 4.78 is 48.5. The first kappa shape index (κ1) is 14.8. The number of fused-ring (bicyclic) bond motifs is 1. The summed E-state index contributed by atoms with van der Waals surface area (Å²) in [5.74, 6) is -3.36. The quantitative estimate of drug-likeness (QED) is 0.912. The van der Waals surface area contributed by atoms with E-state index in [1.165, 1.54) is 19.2 Å². The van der Waals surface area contributed by atoms with Crippen LogP contribution in [0.3, 0.4) is 0 Å². The summed E-state index contributed by atoms with van der Waals surface area (Å²) in [6, 6.07) is 2.69. The highest BCUT2D eigenvalue weighted by Gasteiger charge is 2.52. The van der Waals surface area contributed by atoms with E-state index in [4.69, 9.17) is 26.2 Å². The smallest absolute Gasteiger partial charge is 0.426 e. The van der Waals surface area contributed by atoms with E-state index in [0.29, 0.717) is 0 Å². The number of methoxy groups -OCH3 is 1. The van der Waals surface area contributed by atoms with Crippen LogP contribution in [-0.2, 0) is 11.2 Å². The summed E-state index contributed by atoms with van der Waals surface area (Å²) >= 11 is 5.81. The summed E-state index contributed by atoms with van der Waals surface area (Å²) in [7, 11) is 1.27. The topological polar surface area (TPSA) is 55.8 Å². The van der Waals surface area contributed by atoms with Gasteiger partial charge in [0.2, 0.25) is 6.10 Å². The zero-order valence-electron chi connectivity index (χ0n) is 10.2. The van der Waals surface area contributed by atoms with Crippen molar-refractivity contribution in [3.63, 3.8) is 0 Å². The summed E-state index contributed by atoms with van der Waals surface area (Å²) in [5.41, 5.74) is 0.280. The van der Waals surface area contributed by atoms with Gasteiger partial charge in [-0.2, -0.15) is 13.2 Å². The SMILES string of the molecule is COc1cc(Cl)cc2c1O[C@H](C(F)(F)F)[C@H](C(=O)O)C2. The highest BCUT2D eigenvalue weighted by molar-refractivity contribution is 6.30. The molecule has 2 rings (SSSR count). The lowest BCUT2D eigenvalue weighted by Crippen LogP contribution is -2.47. The van der Waals surface area contributed by atoms with Crippen LogP contribution >= 0.6 is 11.6 Å². The molecule has 1 aromatic rings. The van der Waals surface area contributed by atoms with E-state index in [1.807, 2.05) is 0 Å². The number of halogens is 4. The summed E-state index contributed by atoms with van der Waals surface area (Å²) in [4.78, 5) is 11.0. The zero-order chi connectivity index (χ0) is 15.1. The largest absolute Gasteiger partial charge is 0.493 e. The van der Waals surface area contributed by atoms with Crippen LogP contribution in [-0.4, -0.2) is 30.5 Å². The number of benzene rings is 1. The number of carboxylic acids is 1. The van der Waals surface area contributed by atoms with Gasteiger partial charge in [0.15, 0.2) is 11.5 Å². The third kappa shape index (κ3) is 2.63. The third-order valence-corrected chi connectivity index (χ3v) is 3.22. The first-order chi connectivity index (χ1) is 9.24. The van der Waals surface area contributed by atoms with Crippen LogP contribution in [0.4, 0.5) is 13.2 Å². The predicted octanol–water partition coefficient (Wildman–Crippen LogP) is 2.92. The fraction of sp³-hybridized carbons (Fsp3) is 0.417. The average Bonchev–Trinajstić information content (AvgIpc) is 2.34. The maximum atomic E-state index is 12.9. The molecular weight excluding hydrogens is 301 g/mol. The molecule has 0 saturated carbocycles. The van der Waals surface area contributed by atoms with E-state index < -0.39 is 24.2 Å². The van der Waals surface area contributed by atoms with Gasteiger partial charge < -0.3 is 14.6 Å². The van der Waals surface area contributed by atoms with Crippen LogP contribution < -0.4 is 9.47 Å². The lowest BCUT2D eigenvalue weighted by Gasteiger charge is -2.33. The van der Waals surface area contributed by atoms with E-state index in [0.717, 1.165) is 0 Å². The fourth-order valence-electron chi connectivity index (χ4n) is 2.12. The molecular formula is C12H10ClF3O4. The predicted molar refractivity (Wildman–Crippen MR) is 63.3 cm³/mol. The molecule has 20 heavy (non-hydrogen) atoms. The van der Waals surface area contributed by atoms with Gasteiger partial charge in [0.1, 0.15) is 5.92 Å². The number of hydrogen-bond donors (Lipinski definition) is 1. The zero-order valence-corrected chi connectivity index (χ0v) is 11.0. The standard InChI is InChI=1S/C12H10ClF3O4/c1-19-8-4-6(13)2-5-3-7(11(17)18)10(12(14,15)16)20-9(5)8/h2,4,7,10H,3H2,1H3,(H,17,18)/t7-,10+/m1/s1. The van der Waals surface area contributed by atoms with Crippen LogP contribution in [0, 0.1) is 5.92 Å². The first-order valence-electron chi connectivity index (χ1n) is 5.56. The molecule has 0 aliphatic carbocycles. The van der Waals surface area contributed by atoms with Crippen LogP contribution in [0.1, 0.15) is 5.56 Å². The maximum absolute atomic E-state index is 12.9. The molecule has 110 valence electrons. The Morgan fingerprint density at radius 1 is 1.50 bits per heavy atom. The van der Waals surface area contributed by atoms with Crippen LogP contribution in [0.15, 0.2) is 12.1 Å². The van der Waals surface area contributed by atoms with Gasteiger partial charge in [-0.3, -0.25) is 4.79 Å². The Balaban J connectivity index is 2.50. The molecule has 0 spiro atoms. The Hall–Kier alpha value is -1.63. The van der Waals surface area contributed by atoms with Gasteiger partial charge in [-0.15, -0.1) is 0 Å². The Kier molecular flexibility index (Phi) is 3.73. The van der Waals surface area contributed by atoms with Crippen LogP contribution in [0.25, 0.3) is 0 Å². The first-order valence-corrected chi connectivity index (χ1v) is 5.94. The third-order valence-electron chi connectivity index (χ3n) is 3.01. The van der Waals surface area contributed by atoms with E-state index in [9.17, 15) is 18.0 Å². The average molecular weight is 311 g/mol. The van der Waals surface area contributed by atoms with Crippen molar-refractivity contribution in [3.05, 3.63) is 22.7 Å². The molecule has 1 N–H and O–H groups in total. The van der Waals surface area contributed by atoms with Gasteiger partial charge in [0, 0.05) is 16.7 Å². The number of aliphatic carboxylic acids is 1. The number of carbonyl (C=O) groups is 1. The number of carboxylic acid groups (broad SMARTS) is 1. The molecule has 0 amide bonds. The molecule has 0 unspecified atom stereocenters. The minimum Gasteiger partial charge on any atom is -0.493 e. The number of ether oxygens (including phenoxy) is 2. The summed E-state index contributed by atoms with van der Waals surface area (Å²) in [6.45, 7) is 0. The van der Waals surface area contributed by atoms with E-state index in [1.54, 1.807) is 0 Å². The Morgan fingerprint density at radius 2 is 2.15 bits per heavy atom. The minimum absolute atomic E-state index is 0.0468. The maximum Gasteiger partial charge on any atom is 0.426 e. The lowest BCUT2D eigenvalue weighted by atomic mass is 9.90. The van der Waals surface area contributed by atoms with Crippen LogP contribution in [0.2, 0.25) is 5.02 Å². The van der Waals surface area contributed by atoms with Crippen molar-refractivity contribution in [1.29, 1.82) is 0 Å². The minimum atomic E-state index is -4.79. The number of hydrogen-bond acceptors (Lipinski definition) is 3. The van der Waals surface area contributed by atoms with Crippen LogP contribution in [0.5, 0.6) is 11.5 Å². The fourth-order valence-corrected chi connectivity index (χ4v) is 2.36. The number of alkyl halides is 3. The summed E-state index contributed by atoms with van der Waals surface area (Å²) in [5, 5.41) is 9.18. The van der Waals surface area contributed by atoms with E-state index in [-0.39, 0.29) is 28.5 Å². The van der Waals surface area contributed by atoms with Crippen molar-refractivity contribution >= 4 is 17.6 Å². The highest BCUT2D eigenvalue weighted by Crippen LogP contribution is 2.44. The molecule has 8 heteroatoms. The van der Waals surface area contributed by atoms with Crippen molar-refractivity contribution in [3.8, 4) is 11.5 Å². The molecule has 1 aliphatic heterocycles. The van der Waals surface area contributed by atoms with Gasteiger partial charge in [0.05, 0.1) is 7.11 Å². The highest BCUT2D eigenvalue weighted by atomic mass is 35.5. The molecule has 1 aromatic carbocycles. The number of rotatable bonds is 2. The second-order valence-corrected chi connectivity index (χ2v) is 4.76.